The first kappa shape index (κ1) is 13.2. The van der Waals surface area contributed by atoms with Gasteiger partial charge in [-0.05, 0) is 49.3 Å². The van der Waals surface area contributed by atoms with Gasteiger partial charge in [-0.2, -0.15) is 0 Å². The van der Waals surface area contributed by atoms with E-state index in [0.717, 1.165) is 35.8 Å². The van der Waals surface area contributed by atoms with Crippen molar-refractivity contribution in [3.63, 3.8) is 0 Å². The summed E-state index contributed by atoms with van der Waals surface area (Å²) >= 11 is 0. The fraction of sp³-hybridized carbons (Fsp3) is 0.600. The number of ether oxygens (including phenoxy) is 2. The Morgan fingerprint density at radius 1 is 1.06 bits per heavy atom. The van der Waals surface area contributed by atoms with Crippen LogP contribution in [0.2, 0.25) is 0 Å². The van der Waals surface area contributed by atoms with Crippen molar-refractivity contribution in [3.05, 3.63) is 23.8 Å². The average Bonchev–Trinajstić information content (AvgIpc) is 2.41. The zero-order valence-corrected chi connectivity index (χ0v) is 11.5. The quantitative estimate of drug-likeness (QED) is 0.895. The summed E-state index contributed by atoms with van der Waals surface area (Å²) in [7, 11) is 3.34. The molecule has 1 aromatic rings. The molecule has 0 unspecified atom stereocenters. The van der Waals surface area contributed by atoms with Gasteiger partial charge in [0.1, 0.15) is 11.5 Å². The fourth-order valence-corrected chi connectivity index (χ4v) is 2.66. The lowest BCUT2D eigenvalue weighted by Crippen LogP contribution is -2.40. The molecule has 100 valence electrons. The average molecular weight is 249 g/mol. The van der Waals surface area contributed by atoms with Crippen LogP contribution in [0.1, 0.15) is 38.2 Å². The Hall–Kier alpha value is -1.22. The van der Waals surface area contributed by atoms with Crippen molar-refractivity contribution >= 4 is 0 Å². The lowest BCUT2D eigenvalue weighted by molar-refractivity contribution is 0.246. The van der Waals surface area contributed by atoms with Crippen LogP contribution >= 0.6 is 0 Å². The van der Waals surface area contributed by atoms with Crippen molar-refractivity contribution < 1.29 is 9.47 Å². The van der Waals surface area contributed by atoms with Gasteiger partial charge in [0.05, 0.1) is 14.2 Å². The Morgan fingerprint density at radius 3 is 2.00 bits per heavy atom. The van der Waals surface area contributed by atoms with Gasteiger partial charge >= 0.3 is 0 Å². The number of hydrogen-bond donors (Lipinski definition) is 1. The molecule has 3 nitrogen and oxygen atoms in total. The predicted molar refractivity (Wildman–Crippen MR) is 73.0 cm³/mol. The number of hydrogen-bond acceptors (Lipinski definition) is 3. The smallest absolute Gasteiger partial charge is 0.122 e. The Balaban J connectivity index is 2.31. The first-order valence-corrected chi connectivity index (χ1v) is 6.60. The molecule has 0 saturated heterocycles. The minimum absolute atomic E-state index is 0.228. The molecule has 1 aliphatic rings. The molecule has 1 saturated carbocycles. The van der Waals surface area contributed by atoms with Crippen molar-refractivity contribution in [1.29, 1.82) is 0 Å². The zero-order valence-electron chi connectivity index (χ0n) is 11.5. The van der Waals surface area contributed by atoms with Crippen LogP contribution in [-0.4, -0.2) is 14.2 Å². The van der Waals surface area contributed by atoms with Gasteiger partial charge in [0, 0.05) is 11.6 Å². The molecule has 0 spiro atoms. The van der Waals surface area contributed by atoms with E-state index in [2.05, 4.69) is 6.92 Å². The lowest BCUT2D eigenvalue weighted by Gasteiger charge is -2.36. The van der Waals surface area contributed by atoms with Crippen molar-refractivity contribution in [3.8, 4) is 11.5 Å². The number of methoxy groups -OCH3 is 2. The maximum Gasteiger partial charge on any atom is 0.122 e. The largest absolute Gasteiger partial charge is 0.497 e. The van der Waals surface area contributed by atoms with Gasteiger partial charge in [-0.1, -0.05) is 6.92 Å². The molecule has 0 bridgehead atoms. The molecule has 1 fully saturated rings. The van der Waals surface area contributed by atoms with E-state index >= 15 is 0 Å². The van der Waals surface area contributed by atoms with Crippen molar-refractivity contribution in [2.24, 2.45) is 11.7 Å². The van der Waals surface area contributed by atoms with Crippen LogP contribution in [0.25, 0.3) is 0 Å². The third-order valence-corrected chi connectivity index (χ3v) is 4.09. The minimum atomic E-state index is -0.228. The summed E-state index contributed by atoms with van der Waals surface area (Å²) in [4.78, 5) is 0. The summed E-state index contributed by atoms with van der Waals surface area (Å²) in [6.07, 6.45) is 4.45. The van der Waals surface area contributed by atoms with E-state index in [0.29, 0.717) is 0 Å². The van der Waals surface area contributed by atoms with E-state index in [1.54, 1.807) is 14.2 Å². The van der Waals surface area contributed by atoms with E-state index in [1.165, 1.54) is 12.8 Å². The Morgan fingerprint density at radius 2 is 1.56 bits per heavy atom. The third-order valence-electron chi connectivity index (χ3n) is 4.09. The monoisotopic (exact) mass is 249 g/mol. The Kier molecular flexibility index (Phi) is 3.81. The first-order chi connectivity index (χ1) is 8.57. The maximum absolute atomic E-state index is 6.58. The topological polar surface area (TPSA) is 44.5 Å². The summed E-state index contributed by atoms with van der Waals surface area (Å²) in [5, 5.41) is 0. The normalized spacial score (nSPS) is 27.9. The SMILES string of the molecule is COc1cc(OC)cc(C2(N)CCC(C)CC2)c1. The highest BCUT2D eigenvalue weighted by Crippen LogP contribution is 2.39. The second kappa shape index (κ2) is 5.19. The van der Waals surface area contributed by atoms with E-state index in [-0.39, 0.29) is 5.54 Å². The molecule has 0 atom stereocenters. The molecule has 0 aromatic heterocycles. The van der Waals surface area contributed by atoms with Crippen LogP contribution in [0.5, 0.6) is 11.5 Å². The van der Waals surface area contributed by atoms with Crippen LogP contribution in [0.15, 0.2) is 18.2 Å². The Bertz CT molecular complexity index is 387. The molecular weight excluding hydrogens is 226 g/mol. The van der Waals surface area contributed by atoms with Gasteiger partial charge in [-0.3, -0.25) is 0 Å². The molecule has 0 heterocycles. The van der Waals surface area contributed by atoms with Crippen molar-refractivity contribution in [2.45, 2.75) is 38.1 Å². The second-order valence-electron chi connectivity index (χ2n) is 5.44. The van der Waals surface area contributed by atoms with Crippen LogP contribution < -0.4 is 15.2 Å². The molecule has 0 aliphatic heterocycles. The summed E-state index contributed by atoms with van der Waals surface area (Å²) in [5.41, 5.74) is 7.48. The summed E-state index contributed by atoms with van der Waals surface area (Å²) in [5.74, 6) is 2.41. The molecule has 18 heavy (non-hydrogen) atoms. The second-order valence-corrected chi connectivity index (χ2v) is 5.44. The summed E-state index contributed by atoms with van der Waals surface area (Å²) in [6, 6.07) is 5.97. The van der Waals surface area contributed by atoms with E-state index in [1.807, 2.05) is 18.2 Å². The molecule has 2 N–H and O–H groups in total. The van der Waals surface area contributed by atoms with Crippen LogP contribution in [0.4, 0.5) is 0 Å². The summed E-state index contributed by atoms with van der Waals surface area (Å²) in [6.45, 7) is 2.30. The molecule has 0 amide bonds. The van der Waals surface area contributed by atoms with Gasteiger partial charge in [-0.15, -0.1) is 0 Å². The van der Waals surface area contributed by atoms with Crippen molar-refractivity contribution in [1.82, 2.24) is 0 Å². The third kappa shape index (κ3) is 2.61. The van der Waals surface area contributed by atoms with E-state index < -0.39 is 0 Å². The minimum Gasteiger partial charge on any atom is -0.497 e. The highest BCUT2D eigenvalue weighted by atomic mass is 16.5. The van der Waals surface area contributed by atoms with Gasteiger partial charge in [0.15, 0.2) is 0 Å². The van der Waals surface area contributed by atoms with Crippen LogP contribution in [-0.2, 0) is 5.54 Å². The standard InChI is InChI=1S/C15H23NO2/c1-11-4-6-15(16,7-5-11)12-8-13(17-2)10-14(9-12)18-3/h8-11H,4-7,16H2,1-3H3. The highest BCUT2D eigenvalue weighted by molar-refractivity contribution is 5.41. The zero-order chi connectivity index (χ0) is 13.2. The van der Waals surface area contributed by atoms with Crippen LogP contribution in [0.3, 0.4) is 0 Å². The number of nitrogens with two attached hydrogens (primary N) is 1. The van der Waals surface area contributed by atoms with Gasteiger partial charge in [-0.25, -0.2) is 0 Å². The molecule has 3 heteroatoms. The van der Waals surface area contributed by atoms with Crippen LogP contribution in [0, 0.1) is 5.92 Å². The predicted octanol–water partition coefficient (Wildman–Crippen LogP) is 3.07. The fourth-order valence-electron chi connectivity index (χ4n) is 2.66. The summed E-state index contributed by atoms with van der Waals surface area (Å²) < 4.78 is 10.6. The van der Waals surface area contributed by atoms with E-state index in [9.17, 15) is 0 Å². The van der Waals surface area contributed by atoms with E-state index in [4.69, 9.17) is 15.2 Å². The van der Waals surface area contributed by atoms with Gasteiger partial charge in [0.25, 0.3) is 0 Å². The van der Waals surface area contributed by atoms with Gasteiger partial charge in [0.2, 0.25) is 0 Å². The Labute approximate surface area is 109 Å². The molecule has 0 radical (unpaired) electrons. The maximum atomic E-state index is 6.58. The van der Waals surface area contributed by atoms with Gasteiger partial charge < -0.3 is 15.2 Å². The number of benzene rings is 1. The molecule has 1 aliphatic carbocycles. The molecule has 1 aromatic carbocycles. The highest BCUT2D eigenvalue weighted by Gasteiger charge is 2.32. The first-order valence-electron chi connectivity index (χ1n) is 6.60. The molecule has 2 rings (SSSR count). The number of rotatable bonds is 3. The van der Waals surface area contributed by atoms with Crippen molar-refractivity contribution in [2.75, 3.05) is 14.2 Å². The molecular formula is C15H23NO2. The lowest BCUT2D eigenvalue weighted by atomic mass is 9.74.